The first kappa shape index (κ1) is 19.2. The van der Waals surface area contributed by atoms with Gasteiger partial charge in [-0.2, -0.15) is 0 Å². The van der Waals surface area contributed by atoms with Crippen molar-refractivity contribution >= 4 is 5.96 Å². The van der Waals surface area contributed by atoms with Crippen molar-refractivity contribution in [1.29, 1.82) is 0 Å². The van der Waals surface area contributed by atoms with Gasteiger partial charge in [0.15, 0.2) is 5.96 Å². The van der Waals surface area contributed by atoms with Crippen LogP contribution in [0.2, 0.25) is 0 Å². The van der Waals surface area contributed by atoms with Crippen LogP contribution < -0.4 is 16.0 Å². The molecule has 0 spiro atoms. The average molecular weight is 312 g/mol. The summed E-state index contributed by atoms with van der Waals surface area (Å²) in [6.45, 7) is 17.2. The van der Waals surface area contributed by atoms with Gasteiger partial charge in [-0.3, -0.25) is 4.99 Å². The molecule has 1 fully saturated rings. The fourth-order valence-corrected chi connectivity index (χ4v) is 2.73. The molecule has 0 amide bonds. The predicted octanol–water partition coefficient (Wildman–Crippen LogP) is 1.80. The first-order chi connectivity index (χ1) is 10.4. The van der Waals surface area contributed by atoms with Crippen LogP contribution in [0.1, 0.15) is 53.9 Å². The van der Waals surface area contributed by atoms with Gasteiger partial charge in [-0.1, -0.05) is 6.92 Å². The maximum Gasteiger partial charge on any atom is 0.191 e. The van der Waals surface area contributed by atoms with Crippen LogP contribution in [0.3, 0.4) is 0 Å². The summed E-state index contributed by atoms with van der Waals surface area (Å²) in [6, 6.07) is 0.557. The van der Waals surface area contributed by atoms with Gasteiger partial charge in [0.05, 0.1) is 6.54 Å². The molecule has 0 saturated carbocycles. The Morgan fingerprint density at radius 1 is 1.18 bits per heavy atom. The lowest BCUT2D eigenvalue weighted by molar-refractivity contribution is 0.206. The molecule has 0 aliphatic carbocycles. The van der Waals surface area contributed by atoms with Crippen molar-refractivity contribution in [3.63, 3.8) is 0 Å². The van der Waals surface area contributed by atoms with Crippen molar-refractivity contribution < 1.29 is 0 Å². The summed E-state index contributed by atoms with van der Waals surface area (Å²) >= 11 is 0. The molecule has 0 bridgehead atoms. The summed E-state index contributed by atoms with van der Waals surface area (Å²) in [6.07, 6.45) is 3.68. The van der Waals surface area contributed by atoms with E-state index in [4.69, 9.17) is 0 Å². The van der Waals surface area contributed by atoms with E-state index in [0.29, 0.717) is 6.04 Å². The second-order valence-corrected chi connectivity index (χ2v) is 7.20. The second-order valence-electron chi connectivity index (χ2n) is 7.20. The Balaban J connectivity index is 2.34. The highest BCUT2D eigenvalue weighted by atomic mass is 15.2. The Morgan fingerprint density at radius 2 is 1.86 bits per heavy atom. The van der Waals surface area contributed by atoms with Gasteiger partial charge in [-0.25, -0.2) is 0 Å². The second kappa shape index (κ2) is 10.1. The Kier molecular flexibility index (Phi) is 8.79. The Labute approximate surface area is 137 Å². The number of aliphatic imine (C=N–C) groups is 1. The van der Waals surface area contributed by atoms with Gasteiger partial charge in [0.2, 0.25) is 0 Å². The molecule has 130 valence electrons. The topological polar surface area (TPSA) is 51.7 Å². The fraction of sp³-hybridized carbons (Fsp3) is 0.941. The number of rotatable bonds is 7. The van der Waals surface area contributed by atoms with E-state index < -0.39 is 0 Å². The van der Waals surface area contributed by atoms with E-state index in [1.165, 1.54) is 38.9 Å². The minimum absolute atomic E-state index is 0.160. The molecule has 0 aromatic rings. The molecule has 1 aliphatic heterocycles. The van der Waals surface area contributed by atoms with Gasteiger partial charge in [-0.05, 0) is 53.5 Å². The molecule has 0 aromatic heterocycles. The number of nitrogens with zero attached hydrogens (tertiary/aromatic N) is 2. The Morgan fingerprint density at radius 3 is 2.41 bits per heavy atom. The molecule has 1 saturated heterocycles. The third-order valence-electron chi connectivity index (χ3n) is 3.85. The molecular formula is C17H37N5. The van der Waals surface area contributed by atoms with Crippen molar-refractivity contribution in [3.05, 3.63) is 0 Å². The van der Waals surface area contributed by atoms with Gasteiger partial charge in [0.1, 0.15) is 0 Å². The minimum Gasteiger partial charge on any atom is -0.357 e. The van der Waals surface area contributed by atoms with Gasteiger partial charge < -0.3 is 20.9 Å². The predicted molar refractivity (Wildman–Crippen MR) is 96.6 cm³/mol. The number of piperidine rings is 1. The Bertz CT molecular complexity index is 314. The minimum atomic E-state index is 0.160. The smallest absolute Gasteiger partial charge is 0.191 e. The van der Waals surface area contributed by atoms with Gasteiger partial charge in [-0.15, -0.1) is 0 Å². The molecular weight excluding hydrogens is 274 g/mol. The van der Waals surface area contributed by atoms with Crippen LogP contribution in [0.4, 0.5) is 0 Å². The maximum atomic E-state index is 4.68. The van der Waals surface area contributed by atoms with Crippen LogP contribution in [0.15, 0.2) is 4.99 Å². The molecule has 0 unspecified atom stereocenters. The maximum absolute atomic E-state index is 4.68. The summed E-state index contributed by atoms with van der Waals surface area (Å²) < 4.78 is 0. The highest BCUT2D eigenvalue weighted by molar-refractivity contribution is 5.80. The highest BCUT2D eigenvalue weighted by Crippen LogP contribution is 2.10. The molecule has 1 heterocycles. The van der Waals surface area contributed by atoms with Crippen LogP contribution in [-0.2, 0) is 0 Å². The van der Waals surface area contributed by atoms with E-state index >= 15 is 0 Å². The molecule has 5 nitrogen and oxygen atoms in total. The number of guanidine groups is 1. The van der Waals surface area contributed by atoms with Crippen LogP contribution in [0.5, 0.6) is 0 Å². The number of nitrogens with one attached hydrogen (secondary N) is 3. The number of hydrogen-bond acceptors (Lipinski definition) is 3. The monoisotopic (exact) mass is 311 g/mol. The van der Waals surface area contributed by atoms with Crippen LogP contribution in [-0.4, -0.2) is 61.7 Å². The molecule has 0 aromatic carbocycles. The number of hydrogen-bond donors (Lipinski definition) is 3. The van der Waals surface area contributed by atoms with Crippen LogP contribution in [0.25, 0.3) is 0 Å². The van der Waals surface area contributed by atoms with E-state index in [-0.39, 0.29) is 5.54 Å². The van der Waals surface area contributed by atoms with E-state index in [1.807, 2.05) is 0 Å². The standard InChI is InChI=1S/C17H37N5/c1-6-12-22-13-8-15(9-14-22)21-16(18-7-2)19-10-11-20-17(3,4)5/h15,20H,6-14H2,1-5H3,(H2,18,19,21). The van der Waals surface area contributed by atoms with Crippen molar-refractivity contribution in [1.82, 2.24) is 20.9 Å². The molecule has 1 rings (SSSR count). The quantitative estimate of drug-likeness (QED) is 0.381. The SMILES string of the molecule is CCCN1CCC(NC(=NCCNC(C)(C)C)NCC)CC1. The third kappa shape index (κ3) is 8.59. The average Bonchev–Trinajstić information content (AvgIpc) is 2.45. The van der Waals surface area contributed by atoms with E-state index in [0.717, 1.165) is 25.6 Å². The van der Waals surface area contributed by atoms with E-state index in [1.54, 1.807) is 0 Å². The lowest BCUT2D eigenvalue weighted by atomic mass is 10.1. The first-order valence-corrected chi connectivity index (χ1v) is 8.97. The lowest BCUT2D eigenvalue weighted by Crippen LogP contribution is -2.49. The number of likely N-dealkylation sites (tertiary alicyclic amines) is 1. The normalized spacial score (nSPS) is 18.5. The highest BCUT2D eigenvalue weighted by Gasteiger charge is 2.19. The van der Waals surface area contributed by atoms with Crippen LogP contribution in [0, 0.1) is 0 Å². The summed E-state index contributed by atoms with van der Waals surface area (Å²) in [5, 5.41) is 10.4. The van der Waals surface area contributed by atoms with Gasteiger partial charge >= 0.3 is 0 Å². The fourth-order valence-electron chi connectivity index (χ4n) is 2.73. The van der Waals surface area contributed by atoms with Crippen molar-refractivity contribution in [3.8, 4) is 0 Å². The molecule has 0 radical (unpaired) electrons. The molecule has 0 atom stereocenters. The zero-order chi connectivity index (χ0) is 16.4. The van der Waals surface area contributed by atoms with Crippen molar-refractivity contribution in [2.24, 2.45) is 4.99 Å². The molecule has 5 heteroatoms. The van der Waals surface area contributed by atoms with Crippen molar-refractivity contribution in [2.75, 3.05) is 39.3 Å². The van der Waals surface area contributed by atoms with E-state index in [9.17, 15) is 0 Å². The summed E-state index contributed by atoms with van der Waals surface area (Å²) in [5.41, 5.74) is 0.160. The first-order valence-electron chi connectivity index (χ1n) is 8.97. The van der Waals surface area contributed by atoms with E-state index in [2.05, 4.69) is 60.5 Å². The van der Waals surface area contributed by atoms with Crippen molar-refractivity contribution in [2.45, 2.75) is 65.5 Å². The van der Waals surface area contributed by atoms with Gasteiger partial charge in [0.25, 0.3) is 0 Å². The zero-order valence-corrected chi connectivity index (χ0v) is 15.3. The summed E-state index contributed by atoms with van der Waals surface area (Å²) in [5.74, 6) is 0.965. The third-order valence-corrected chi connectivity index (χ3v) is 3.85. The summed E-state index contributed by atoms with van der Waals surface area (Å²) in [4.78, 5) is 7.25. The molecule has 3 N–H and O–H groups in total. The molecule has 1 aliphatic rings. The Hall–Kier alpha value is -0.810. The lowest BCUT2D eigenvalue weighted by Gasteiger charge is -2.32. The summed E-state index contributed by atoms with van der Waals surface area (Å²) in [7, 11) is 0. The van der Waals surface area contributed by atoms with Gasteiger partial charge in [0, 0.05) is 37.8 Å². The molecule has 22 heavy (non-hydrogen) atoms. The zero-order valence-electron chi connectivity index (χ0n) is 15.3. The largest absolute Gasteiger partial charge is 0.357 e. The van der Waals surface area contributed by atoms with Crippen LogP contribution >= 0.6 is 0 Å².